The standard InChI is InChI=1S/C12H16N4O/c1-16(12(17)15-9-5-6-9)10-4-2-3-8(7-10)11(13)14/h2-4,7,9H,5-6H2,1H3,(H3,13,14)(H,15,17). The van der Waals surface area contributed by atoms with Gasteiger partial charge in [-0.2, -0.15) is 0 Å². The van der Waals surface area contributed by atoms with Crippen LogP contribution in [-0.2, 0) is 0 Å². The van der Waals surface area contributed by atoms with E-state index >= 15 is 0 Å². The van der Waals surface area contributed by atoms with Crippen molar-refractivity contribution in [3.8, 4) is 0 Å². The molecule has 2 amide bonds. The third kappa shape index (κ3) is 2.75. The van der Waals surface area contributed by atoms with Crippen LogP contribution in [0, 0.1) is 5.41 Å². The molecule has 1 aromatic carbocycles. The molecule has 1 aliphatic rings. The van der Waals surface area contributed by atoms with Gasteiger partial charge in [-0.3, -0.25) is 10.3 Å². The summed E-state index contributed by atoms with van der Waals surface area (Å²) in [4.78, 5) is 13.3. The predicted molar refractivity (Wildman–Crippen MR) is 67.4 cm³/mol. The van der Waals surface area contributed by atoms with E-state index in [1.165, 1.54) is 4.90 Å². The quantitative estimate of drug-likeness (QED) is 0.542. The second kappa shape index (κ2) is 4.45. The molecule has 1 fully saturated rings. The lowest BCUT2D eigenvalue weighted by molar-refractivity contribution is 0.247. The van der Waals surface area contributed by atoms with Gasteiger partial charge in [0.05, 0.1) is 0 Å². The van der Waals surface area contributed by atoms with E-state index in [1.807, 2.05) is 6.07 Å². The van der Waals surface area contributed by atoms with Crippen molar-refractivity contribution >= 4 is 17.6 Å². The maximum atomic E-state index is 11.8. The van der Waals surface area contributed by atoms with Crippen molar-refractivity contribution in [2.24, 2.45) is 5.73 Å². The Hall–Kier alpha value is -2.04. The molecule has 1 aromatic rings. The normalized spacial score (nSPS) is 14.2. The van der Waals surface area contributed by atoms with Gasteiger partial charge in [0, 0.05) is 24.3 Å². The van der Waals surface area contributed by atoms with Gasteiger partial charge in [-0.05, 0) is 25.0 Å². The van der Waals surface area contributed by atoms with Crippen molar-refractivity contribution in [3.63, 3.8) is 0 Å². The molecule has 2 rings (SSSR count). The Morgan fingerprint density at radius 3 is 2.82 bits per heavy atom. The highest BCUT2D eigenvalue weighted by Gasteiger charge is 2.25. The molecular weight excluding hydrogens is 216 g/mol. The lowest BCUT2D eigenvalue weighted by Gasteiger charge is -2.18. The first kappa shape index (κ1) is 11.4. The van der Waals surface area contributed by atoms with Crippen LogP contribution >= 0.6 is 0 Å². The molecule has 0 spiro atoms. The van der Waals surface area contributed by atoms with E-state index in [1.54, 1.807) is 25.2 Å². The summed E-state index contributed by atoms with van der Waals surface area (Å²) in [5.74, 6) is 0.00264. The Morgan fingerprint density at radius 2 is 2.24 bits per heavy atom. The van der Waals surface area contributed by atoms with Crippen LogP contribution in [0.1, 0.15) is 18.4 Å². The molecule has 5 nitrogen and oxygen atoms in total. The monoisotopic (exact) mass is 232 g/mol. The van der Waals surface area contributed by atoms with E-state index in [9.17, 15) is 4.79 Å². The summed E-state index contributed by atoms with van der Waals surface area (Å²) in [6.45, 7) is 0. The number of carbonyl (C=O) groups excluding carboxylic acids is 1. The van der Waals surface area contributed by atoms with Crippen molar-refractivity contribution < 1.29 is 4.79 Å². The second-order valence-electron chi connectivity index (χ2n) is 4.25. The van der Waals surface area contributed by atoms with Crippen LogP contribution in [0.15, 0.2) is 24.3 Å². The summed E-state index contributed by atoms with van der Waals surface area (Å²) in [6, 6.07) is 7.30. The van der Waals surface area contributed by atoms with Crippen molar-refractivity contribution in [2.75, 3.05) is 11.9 Å². The number of carbonyl (C=O) groups is 1. The molecule has 0 aliphatic heterocycles. The Morgan fingerprint density at radius 1 is 1.53 bits per heavy atom. The molecule has 0 aromatic heterocycles. The fourth-order valence-corrected chi connectivity index (χ4v) is 1.50. The first-order valence-corrected chi connectivity index (χ1v) is 5.56. The average Bonchev–Trinajstić information content (AvgIpc) is 3.12. The van der Waals surface area contributed by atoms with Crippen LogP contribution in [0.5, 0.6) is 0 Å². The highest BCUT2D eigenvalue weighted by atomic mass is 16.2. The number of nitrogens with two attached hydrogens (primary N) is 1. The van der Waals surface area contributed by atoms with E-state index in [-0.39, 0.29) is 11.9 Å². The number of nitrogen functional groups attached to an aromatic ring is 1. The molecule has 1 aliphatic carbocycles. The molecule has 0 heterocycles. The summed E-state index contributed by atoms with van der Waals surface area (Å²) in [6.07, 6.45) is 2.13. The molecule has 17 heavy (non-hydrogen) atoms. The van der Waals surface area contributed by atoms with Gasteiger partial charge in [0.1, 0.15) is 5.84 Å². The average molecular weight is 232 g/mol. The van der Waals surface area contributed by atoms with Crippen LogP contribution in [-0.4, -0.2) is 25.0 Å². The van der Waals surface area contributed by atoms with Gasteiger partial charge in [0.25, 0.3) is 0 Å². The molecule has 4 N–H and O–H groups in total. The fourth-order valence-electron chi connectivity index (χ4n) is 1.50. The number of benzene rings is 1. The number of nitrogens with one attached hydrogen (secondary N) is 2. The van der Waals surface area contributed by atoms with Crippen molar-refractivity contribution in [2.45, 2.75) is 18.9 Å². The Kier molecular flexibility index (Phi) is 2.99. The number of nitrogens with zero attached hydrogens (tertiary/aromatic N) is 1. The molecule has 0 saturated heterocycles. The maximum Gasteiger partial charge on any atom is 0.321 e. The third-order valence-corrected chi connectivity index (χ3v) is 2.75. The van der Waals surface area contributed by atoms with Gasteiger partial charge in [-0.25, -0.2) is 4.79 Å². The minimum Gasteiger partial charge on any atom is -0.384 e. The summed E-state index contributed by atoms with van der Waals surface area (Å²) in [7, 11) is 1.71. The largest absolute Gasteiger partial charge is 0.384 e. The molecular formula is C12H16N4O. The minimum atomic E-state index is -0.117. The number of rotatable bonds is 3. The van der Waals surface area contributed by atoms with Gasteiger partial charge >= 0.3 is 6.03 Å². The lowest BCUT2D eigenvalue weighted by Crippen LogP contribution is -2.38. The molecule has 0 radical (unpaired) electrons. The van der Waals surface area contributed by atoms with Crippen molar-refractivity contribution in [1.29, 1.82) is 5.41 Å². The van der Waals surface area contributed by atoms with Crippen molar-refractivity contribution in [3.05, 3.63) is 29.8 Å². The minimum absolute atomic E-state index is 0.00264. The van der Waals surface area contributed by atoms with Gasteiger partial charge in [0.15, 0.2) is 0 Å². The number of hydrogen-bond acceptors (Lipinski definition) is 2. The first-order chi connectivity index (χ1) is 8.08. The summed E-state index contributed by atoms with van der Waals surface area (Å²) in [5, 5.41) is 10.3. The second-order valence-corrected chi connectivity index (χ2v) is 4.25. The molecule has 0 atom stereocenters. The predicted octanol–water partition coefficient (Wildman–Crippen LogP) is 1.28. The first-order valence-electron chi connectivity index (χ1n) is 5.56. The smallest absolute Gasteiger partial charge is 0.321 e. The molecule has 5 heteroatoms. The summed E-state index contributed by atoms with van der Waals surface area (Å²) < 4.78 is 0. The van der Waals surface area contributed by atoms with Gasteiger partial charge in [0.2, 0.25) is 0 Å². The zero-order valence-electron chi connectivity index (χ0n) is 9.73. The number of hydrogen-bond donors (Lipinski definition) is 3. The molecule has 0 bridgehead atoms. The molecule has 0 unspecified atom stereocenters. The Balaban J connectivity index is 2.11. The number of anilines is 1. The zero-order chi connectivity index (χ0) is 12.4. The summed E-state index contributed by atoms with van der Waals surface area (Å²) in [5.41, 5.74) is 6.77. The number of amides is 2. The van der Waals surface area contributed by atoms with E-state index in [0.717, 1.165) is 18.5 Å². The SMILES string of the molecule is CN(C(=O)NC1CC1)c1cccc(C(=N)N)c1. The molecule has 90 valence electrons. The fraction of sp³-hybridized carbons (Fsp3) is 0.333. The van der Waals surface area contributed by atoms with Crippen LogP contribution in [0.2, 0.25) is 0 Å². The van der Waals surface area contributed by atoms with E-state index < -0.39 is 0 Å². The van der Waals surface area contributed by atoms with E-state index in [4.69, 9.17) is 11.1 Å². The van der Waals surface area contributed by atoms with E-state index in [0.29, 0.717) is 11.6 Å². The number of urea groups is 1. The van der Waals surface area contributed by atoms with Crippen LogP contribution in [0.4, 0.5) is 10.5 Å². The van der Waals surface area contributed by atoms with Crippen LogP contribution < -0.4 is 16.0 Å². The molecule has 1 saturated carbocycles. The maximum absolute atomic E-state index is 11.8. The van der Waals surface area contributed by atoms with Crippen molar-refractivity contribution in [1.82, 2.24) is 5.32 Å². The van der Waals surface area contributed by atoms with Gasteiger partial charge in [-0.15, -0.1) is 0 Å². The topological polar surface area (TPSA) is 82.2 Å². The van der Waals surface area contributed by atoms with Crippen LogP contribution in [0.25, 0.3) is 0 Å². The highest BCUT2D eigenvalue weighted by molar-refractivity contribution is 5.98. The van der Waals surface area contributed by atoms with Gasteiger partial charge in [-0.1, -0.05) is 12.1 Å². The summed E-state index contributed by atoms with van der Waals surface area (Å²) >= 11 is 0. The zero-order valence-corrected chi connectivity index (χ0v) is 9.73. The van der Waals surface area contributed by atoms with Crippen LogP contribution in [0.3, 0.4) is 0 Å². The van der Waals surface area contributed by atoms with E-state index in [2.05, 4.69) is 5.32 Å². The highest BCUT2D eigenvalue weighted by Crippen LogP contribution is 2.20. The Bertz CT molecular complexity index is 454. The third-order valence-electron chi connectivity index (χ3n) is 2.75. The Labute approximate surface area is 100 Å². The van der Waals surface area contributed by atoms with Gasteiger partial charge < -0.3 is 11.1 Å². The number of amidine groups is 1. The lowest BCUT2D eigenvalue weighted by atomic mass is 10.2.